The lowest BCUT2D eigenvalue weighted by molar-refractivity contribution is -0.172. The molecule has 1 aromatic carbocycles. The molecule has 0 spiro atoms. The van der Waals surface area contributed by atoms with Crippen molar-refractivity contribution in [2.45, 2.75) is 49.6 Å². The number of nitrogens with two attached hydrogens (primary N) is 1. The molecule has 1 saturated carbocycles. The Morgan fingerprint density at radius 1 is 1.13 bits per heavy atom. The number of primary amides is 1. The number of halogens is 3. The van der Waals surface area contributed by atoms with Crippen LogP contribution in [0.1, 0.15) is 31.2 Å². The number of pyridine rings is 1. The molecular formula is C25H29F3N4O6S. The number of nitrogens with one attached hydrogen (secondary N) is 2. The third-order valence-electron chi connectivity index (χ3n) is 5.92. The predicted octanol–water partition coefficient (Wildman–Crippen LogP) is 1.49. The van der Waals surface area contributed by atoms with Gasteiger partial charge < -0.3 is 15.8 Å². The van der Waals surface area contributed by atoms with Crippen LogP contribution in [0.15, 0.2) is 48.8 Å². The number of ether oxygens (including phenoxy) is 1. The molecule has 2 aromatic rings. The van der Waals surface area contributed by atoms with Crippen molar-refractivity contribution in [3.63, 3.8) is 0 Å². The van der Waals surface area contributed by atoms with Gasteiger partial charge in [0, 0.05) is 12.4 Å². The van der Waals surface area contributed by atoms with Crippen LogP contribution in [0.2, 0.25) is 0 Å². The van der Waals surface area contributed by atoms with Gasteiger partial charge in [-0.3, -0.25) is 24.7 Å². The molecule has 1 heterocycles. The lowest BCUT2D eigenvalue weighted by Crippen LogP contribution is -2.56. The van der Waals surface area contributed by atoms with E-state index < -0.39 is 69.5 Å². The van der Waals surface area contributed by atoms with Crippen molar-refractivity contribution < 1.29 is 40.7 Å². The second-order valence-electron chi connectivity index (χ2n) is 9.35. The number of carbonyl (C=O) groups excluding carboxylic acids is 3. The Bertz CT molecular complexity index is 1260. The Morgan fingerprint density at radius 2 is 1.82 bits per heavy atom. The number of carbonyl (C=O) groups is 3. The molecule has 1 aliphatic carbocycles. The first-order valence-corrected chi connectivity index (χ1v) is 13.9. The average molecular weight is 571 g/mol. The van der Waals surface area contributed by atoms with Gasteiger partial charge >= 0.3 is 6.11 Å². The summed E-state index contributed by atoms with van der Waals surface area (Å²) in [5.41, 5.74) is 5.41. The maximum absolute atomic E-state index is 14.5. The van der Waals surface area contributed by atoms with Gasteiger partial charge in [0.1, 0.15) is 24.2 Å². The molecule has 1 unspecified atom stereocenters. The maximum Gasteiger partial charge on any atom is 0.410 e. The fraction of sp³-hybridized carbons (Fsp3) is 0.440. The van der Waals surface area contributed by atoms with Crippen molar-refractivity contribution >= 4 is 27.4 Å². The molecule has 3 rings (SSSR count). The lowest BCUT2D eigenvalue weighted by atomic mass is 10.0. The third-order valence-corrected chi connectivity index (χ3v) is 7.53. The highest BCUT2D eigenvalue weighted by Crippen LogP contribution is 2.34. The molecule has 4 N–H and O–H groups in total. The predicted molar refractivity (Wildman–Crippen MR) is 134 cm³/mol. The summed E-state index contributed by atoms with van der Waals surface area (Å²) in [7, 11) is -4.07. The molecule has 212 valence electrons. The van der Waals surface area contributed by atoms with Crippen molar-refractivity contribution in [2.24, 2.45) is 11.7 Å². The van der Waals surface area contributed by atoms with E-state index in [1.54, 1.807) is 0 Å². The van der Waals surface area contributed by atoms with Gasteiger partial charge in [-0.05, 0) is 54.7 Å². The molecule has 2 atom stereocenters. The summed E-state index contributed by atoms with van der Waals surface area (Å²) >= 11 is 0. The highest BCUT2D eigenvalue weighted by Gasteiger charge is 2.37. The molecule has 10 nitrogen and oxygen atoms in total. The van der Waals surface area contributed by atoms with E-state index in [-0.39, 0.29) is 12.2 Å². The molecule has 0 bridgehead atoms. The molecule has 0 saturated heterocycles. The van der Waals surface area contributed by atoms with Crippen LogP contribution in [0, 0.1) is 11.7 Å². The molecule has 2 amide bonds. The van der Waals surface area contributed by atoms with E-state index in [4.69, 9.17) is 5.73 Å². The SMILES string of the molecule is NC(=O)C(=O)C(CCC1CC1)NC(=O)[C@H](CS(=O)(=O)Cc1cccnc1)NCC(F)(F)Oc1ccc(F)cc1. The Labute approximate surface area is 223 Å². The van der Waals surface area contributed by atoms with Gasteiger partial charge in [-0.1, -0.05) is 18.9 Å². The van der Waals surface area contributed by atoms with Crippen molar-refractivity contribution in [1.29, 1.82) is 0 Å². The van der Waals surface area contributed by atoms with Crippen LogP contribution in [0.3, 0.4) is 0 Å². The number of alkyl halides is 2. The quantitative estimate of drug-likeness (QED) is 0.256. The van der Waals surface area contributed by atoms with Crippen LogP contribution in [-0.2, 0) is 30.0 Å². The summed E-state index contributed by atoms with van der Waals surface area (Å²) in [6.45, 7) is -1.30. The Morgan fingerprint density at radius 3 is 2.41 bits per heavy atom. The zero-order chi connectivity index (χ0) is 28.6. The minimum atomic E-state index is -4.07. The summed E-state index contributed by atoms with van der Waals surface area (Å²) in [5, 5.41) is 4.50. The molecule has 0 radical (unpaired) electrons. The fourth-order valence-corrected chi connectivity index (χ4v) is 5.33. The minimum absolute atomic E-state index is 0.0805. The number of rotatable bonds is 16. The maximum atomic E-state index is 14.5. The number of Topliss-reactive ketones (excluding diaryl/α,β-unsaturated/α-hetero) is 1. The first-order valence-electron chi connectivity index (χ1n) is 12.1. The molecule has 0 aliphatic heterocycles. The number of benzene rings is 1. The van der Waals surface area contributed by atoms with Gasteiger partial charge in [-0.25, -0.2) is 12.8 Å². The zero-order valence-electron chi connectivity index (χ0n) is 20.8. The molecule has 39 heavy (non-hydrogen) atoms. The van der Waals surface area contributed by atoms with Crippen LogP contribution in [0.25, 0.3) is 0 Å². The summed E-state index contributed by atoms with van der Waals surface area (Å²) in [5.74, 6) is -5.59. The highest BCUT2D eigenvalue weighted by molar-refractivity contribution is 7.90. The van der Waals surface area contributed by atoms with E-state index in [1.165, 1.54) is 24.5 Å². The molecule has 14 heteroatoms. The minimum Gasteiger partial charge on any atom is -0.432 e. The number of hydrogen-bond donors (Lipinski definition) is 3. The van der Waals surface area contributed by atoms with Crippen molar-refractivity contribution in [2.75, 3.05) is 12.3 Å². The Balaban J connectivity index is 1.75. The number of sulfone groups is 1. The number of nitrogens with zero attached hydrogens (tertiary/aromatic N) is 1. The number of hydrogen-bond acceptors (Lipinski definition) is 8. The highest BCUT2D eigenvalue weighted by atomic mass is 32.2. The monoisotopic (exact) mass is 570 g/mol. The van der Waals surface area contributed by atoms with Gasteiger partial charge in [0.2, 0.25) is 11.7 Å². The Kier molecular flexibility index (Phi) is 10.0. The van der Waals surface area contributed by atoms with E-state index in [2.05, 4.69) is 20.4 Å². The third kappa shape index (κ3) is 10.3. The van der Waals surface area contributed by atoms with Gasteiger partial charge in [0.15, 0.2) is 9.84 Å². The van der Waals surface area contributed by atoms with Crippen LogP contribution in [0.5, 0.6) is 5.75 Å². The van der Waals surface area contributed by atoms with Gasteiger partial charge in [0.25, 0.3) is 5.91 Å². The van der Waals surface area contributed by atoms with E-state index in [1.807, 2.05) is 0 Å². The van der Waals surface area contributed by atoms with Crippen LogP contribution < -0.4 is 21.1 Å². The average Bonchev–Trinajstić information content (AvgIpc) is 3.70. The summed E-state index contributed by atoms with van der Waals surface area (Å²) in [4.78, 5) is 40.7. The van der Waals surface area contributed by atoms with Gasteiger partial charge in [-0.15, -0.1) is 0 Å². The van der Waals surface area contributed by atoms with E-state index >= 15 is 0 Å². The summed E-state index contributed by atoms with van der Waals surface area (Å²) < 4.78 is 72.5. The largest absolute Gasteiger partial charge is 0.432 e. The number of amides is 2. The number of aromatic nitrogens is 1. The van der Waals surface area contributed by atoms with Crippen LogP contribution >= 0.6 is 0 Å². The topological polar surface area (TPSA) is 158 Å². The fourth-order valence-electron chi connectivity index (χ4n) is 3.75. The second-order valence-corrected chi connectivity index (χ2v) is 11.5. The first-order chi connectivity index (χ1) is 18.3. The molecular weight excluding hydrogens is 541 g/mol. The second kappa shape index (κ2) is 13.0. The standard InChI is InChI=1S/C25H29F3N4O6S/c26-18-6-8-19(9-7-18)38-25(27,28)15-31-21(14-39(36,37)13-17-2-1-11-30-12-17)24(35)32-20(22(33)23(29)34)10-5-16-3-4-16/h1-2,6-9,11-12,16,20-21,31H,3-5,10,13-15H2,(H2,29,34)(H,32,35)/t20?,21-/m0/s1. The summed E-state index contributed by atoms with van der Waals surface area (Å²) in [6, 6.07) is 3.71. The van der Waals surface area contributed by atoms with E-state index in [0.29, 0.717) is 17.9 Å². The Hall–Kier alpha value is -3.52. The van der Waals surface area contributed by atoms with Gasteiger partial charge in [0.05, 0.1) is 17.5 Å². The lowest BCUT2D eigenvalue weighted by Gasteiger charge is -2.25. The van der Waals surface area contributed by atoms with Crippen molar-refractivity contribution in [3.05, 3.63) is 60.2 Å². The van der Waals surface area contributed by atoms with Crippen LogP contribution in [0.4, 0.5) is 13.2 Å². The smallest absolute Gasteiger partial charge is 0.410 e. The van der Waals surface area contributed by atoms with E-state index in [0.717, 1.165) is 37.1 Å². The molecule has 1 fully saturated rings. The number of ketones is 1. The van der Waals surface area contributed by atoms with Crippen molar-refractivity contribution in [1.82, 2.24) is 15.6 Å². The molecule has 1 aromatic heterocycles. The summed E-state index contributed by atoms with van der Waals surface area (Å²) in [6.07, 6.45) is 1.29. The normalized spacial score (nSPS) is 15.3. The van der Waals surface area contributed by atoms with Crippen LogP contribution in [-0.4, -0.2) is 61.5 Å². The molecule has 1 aliphatic rings. The first kappa shape index (κ1) is 30.0. The van der Waals surface area contributed by atoms with Crippen molar-refractivity contribution in [3.8, 4) is 5.75 Å². The van der Waals surface area contributed by atoms with E-state index in [9.17, 15) is 36.0 Å². The zero-order valence-corrected chi connectivity index (χ0v) is 21.6. The van der Waals surface area contributed by atoms with Gasteiger partial charge in [-0.2, -0.15) is 8.78 Å².